The number of carbonyl (C=O) groups is 2. The van der Waals surface area contributed by atoms with E-state index in [0.717, 1.165) is 37.2 Å². The second-order valence-electron chi connectivity index (χ2n) is 7.34. The van der Waals surface area contributed by atoms with Gasteiger partial charge >= 0.3 is 0 Å². The molecular formula is C21H25F2N3O2. The van der Waals surface area contributed by atoms with Crippen molar-refractivity contribution in [1.82, 2.24) is 15.2 Å². The van der Waals surface area contributed by atoms with Crippen molar-refractivity contribution in [3.8, 4) is 0 Å². The van der Waals surface area contributed by atoms with Crippen molar-refractivity contribution in [3.05, 3.63) is 58.9 Å². The molecule has 150 valence electrons. The van der Waals surface area contributed by atoms with Crippen molar-refractivity contribution < 1.29 is 18.4 Å². The molecule has 0 aliphatic carbocycles. The van der Waals surface area contributed by atoms with E-state index in [4.69, 9.17) is 0 Å². The normalized spacial score (nSPS) is 16.8. The number of likely N-dealkylation sites (tertiary alicyclic amines) is 1. The SMILES string of the molecule is Cc1[nH]ccc1C(=O)N1CCCC(CCC(=O)NCc2ccc(F)c(F)c2)C1. The molecule has 5 nitrogen and oxygen atoms in total. The van der Waals surface area contributed by atoms with Gasteiger partial charge in [0.05, 0.1) is 5.56 Å². The fourth-order valence-corrected chi connectivity index (χ4v) is 3.61. The summed E-state index contributed by atoms with van der Waals surface area (Å²) in [6.07, 6.45) is 4.73. The van der Waals surface area contributed by atoms with Gasteiger partial charge in [0.25, 0.3) is 5.91 Å². The van der Waals surface area contributed by atoms with Gasteiger partial charge in [0, 0.05) is 37.9 Å². The van der Waals surface area contributed by atoms with Crippen LogP contribution in [0.15, 0.2) is 30.5 Å². The number of aromatic nitrogens is 1. The van der Waals surface area contributed by atoms with Gasteiger partial charge in [-0.2, -0.15) is 0 Å². The van der Waals surface area contributed by atoms with Crippen LogP contribution in [-0.4, -0.2) is 34.8 Å². The number of amides is 2. The second-order valence-corrected chi connectivity index (χ2v) is 7.34. The lowest BCUT2D eigenvalue weighted by molar-refractivity contribution is -0.121. The molecule has 0 saturated carbocycles. The minimum Gasteiger partial charge on any atom is -0.365 e. The van der Waals surface area contributed by atoms with E-state index in [1.807, 2.05) is 11.8 Å². The van der Waals surface area contributed by atoms with E-state index < -0.39 is 11.6 Å². The van der Waals surface area contributed by atoms with Gasteiger partial charge in [-0.3, -0.25) is 9.59 Å². The smallest absolute Gasteiger partial charge is 0.255 e. The number of halogens is 2. The van der Waals surface area contributed by atoms with Crippen LogP contribution in [0.25, 0.3) is 0 Å². The summed E-state index contributed by atoms with van der Waals surface area (Å²) in [5.41, 5.74) is 2.08. The molecule has 0 spiro atoms. The first kappa shape index (κ1) is 20.0. The Morgan fingerprint density at radius 2 is 2.07 bits per heavy atom. The Hall–Kier alpha value is -2.70. The average Bonchev–Trinajstić information content (AvgIpc) is 3.12. The Morgan fingerprint density at radius 1 is 1.25 bits per heavy atom. The van der Waals surface area contributed by atoms with Crippen LogP contribution < -0.4 is 5.32 Å². The number of aromatic amines is 1. The second kappa shape index (κ2) is 8.99. The van der Waals surface area contributed by atoms with E-state index in [9.17, 15) is 18.4 Å². The summed E-state index contributed by atoms with van der Waals surface area (Å²) in [6, 6.07) is 5.39. The predicted octanol–water partition coefficient (Wildman–Crippen LogP) is 3.55. The lowest BCUT2D eigenvalue weighted by Crippen LogP contribution is -2.40. The maximum Gasteiger partial charge on any atom is 0.255 e. The summed E-state index contributed by atoms with van der Waals surface area (Å²) < 4.78 is 26.1. The molecule has 1 aliphatic rings. The zero-order valence-electron chi connectivity index (χ0n) is 15.9. The van der Waals surface area contributed by atoms with Gasteiger partial charge in [0.15, 0.2) is 11.6 Å². The molecule has 1 unspecified atom stereocenters. The fourth-order valence-electron chi connectivity index (χ4n) is 3.61. The molecule has 1 aromatic carbocycles. The summed E-state index contributed by atoms with van der Waals surface area (Å²) in [6.45, 7) is 3.44. The number of aryl methyl sites for hydroxylation is 1. The summed E-state index contributed by atoms with van der Waals surface area (Å²) in [7, 11) is 0. The molecule has 2 aromatic rings. The minimum atomic E-state index is -0.920. The van der Waals surface area contributed by atoms with Crippen molar-refractivity contribution >= 4 is 11.8 Å². The predicted molar refractivity (Wildman–Crippen MR) is 102 cm³/mol. The van der Waals surface area contributed by atoms with Crippen LogP contribution in [0, 0.1) is 24.5 Å². The molecule has 1 aliphatic heterocycles. The summed E-state index contributed by atoms with van der Waals surface area (Å²) in [5, 5.41) is 2.74. The third-order valence-electron chi connectivity index (χ3n) is 5.24. The Balaban J connectivity index is 1.44. The van der Waals surface area contributed by atoms with Crippen molar-refractivity contribution in [2.45, 2.75) is 39.2 Å². The topological polar surface area (TPSA) is 65.2 Å². The van der Waals surface area contributed by atoms with E-state index in [-0.39, 0.29) is 24.3 Å². The number of hydrogen-bond acceptors (Lipinski definition) is 2. The van der Waals surface area contributed by atoms with Crippen LogP contribution >= 0.6 is 0 Å². The molecule has 7 heteroatoms. The van der Waals surface area contributed by atoms with E-state index in [1.54, 1.807) is 12.3 Å². The van der Waals surface area contributed by atoms with E-state index >= 15 is 0 Å². The van der Waals surface area contributed by atoms with Crippen LogP contribution in [0.5, 0.6) is 0 Å². The van der Waals surface area contributed by atoms with Crippen LogP contribution in [0.1, 0.15) is 47.3 Å². The lowest BCUT2D eigenvalue weighted by atomic mass is 9.93. The van der Waals surface area contributed by atoms with Gasteiger partial charge in [0.1, 0.15) is 0 Å². The molecule has 1 fully saturated rings. The number of H-pyrrole nitrogens is 1. The quantitative estimate of drug-likeness (QED) is 0.794. The van der Waals surface area contributed by atoms with Gasteiger partial charge in [-0.15, -0.1) is 0 Å². The van der Waals surface area contributed by atoms with Crippen LogP contribution in [-0.2, 0) is 11.3 Å². The Kier molecular flexibility index (Phi) is 6.44. The zero-order valence-corrected chi connectivity index (χ0v) is 15.9. The highest BCUT2D eigenvalue weighted by atomic mass is 19.2. The maximum atomic E-state index is 13.2. The first-order valence-electron chi connectivity index (χ1n) is 9.58. The molecule has 2 N–H and O–H groups in total. The number of hydrogen-bond donors (Lipinski definition) is 2. The molecule has 3 rings (SSSR count). The summed E-state index contributed by atoms with van der Waals surface area (Å²) >= 11 is 0. The third kappa shape index (κ3) is 4.97. The van der Waals surface area contributed by atoms with Gasteiger partial charge in [-0.1, -0.05) is 6.07 Å². The van der Waals surface area contributed by atoms with Crippen molar-refractivity contribution in [3.63, 3.8) is 0 Å². The summed E-state index contributed by atoms with van der Waals surface area (Å²) in [5.74, 6) is -1.63. The van der Waals surface area contributed by atoms with Gasteiger partial charge in [0.2, 0.25) is 5.91 Å². The first-order chi connectivity index (χ1) is 13.4. The number of piperidine rings is 1. The van der Waals surface area contributed by atoms with E-state index in [0.29, 0.717) is 30.5 Å². The molecule has 0 radical (unpaired) electrons. The van der Waals surface area contributed by atoms with Gasteiger partial charge in [-0.25, -0.2) is 8.78 Å². The molecule has 28 heavy (non-hydrogen) atoms. The van der Waals surface area contributed by atoms with Gasteiger partial charge in [-0.05, 0) is 55.9 Å². The molecule has 2 amide bonds. The average molecular weight is 389 g/mol. The Labute approximate surface area is 163 Å². The summed E-state index contributed by atoms with van der Waals surface area (Å²) in [4.78, 5) is 29.6. The Bertz CT molecular complexity index is 850. The number of nitrogens with zero attached hydrogens (tertiary/aromatic N) is 1. The minimum absolute atomic E-state index is 0.0336. The zero-order chi connectivity index (χ0) is 20.1. The van der Waals surface area contributed by atoms with Crippen LogP contribution in [0.4, 0.5) is 8.78 Å². The number of carbonyl (C=O) groups excluding carboxylic acids is 2. The molecule has 0 bridgehead atoms. The molecular weight excluding hydrogens is 364 g/mol. The highest BCUT2D eigenvalue weighted by Crippen LogP contribution is 2.23. The highest BCUT2D eigenvalue weighted by molar-refractivity contribution is 5.95. The number of nitrogens with one attached hydrogen (secondary N) is 2. The van der Waals surface area contributed by atoms with Crippen molar-refractivity contribution in [2.24, 2.45) is 5.92 Å². The van der Waals surface area contributed by atoms with Crippen molar-refractivity contribution in [2.75, 3.05) is 13.1 Å². The first-order valence-corrected chi connectivity index (χ1v) is 9.58. The van der Waals surface area contributed by atoms with E-state index in [1.165, 1.54) is 6.07 Å². The largest absolute Gasteiger partial charge is 0.365 e. The van der Waals surface area contributed by atoms with Crippen LogP contribution in [0.2, 0.25) is 0 Å². The highest BCUT2D eigenvalue weighted by Gasteiger charge is 2.25. The lowest BCUT2D eigenvalue weighted by Gasteiger charge is -2.32. The van der Waals surface area contributed by atoms with Crippen LogP contribution in [0.3, 0.4) is 0 Å². The Morgan fingerprint density at radius 3 is 2.79 bits per heavy atom. The maximum absolute atomic E-state index is 13.2. The molecule has 1 saturated heterocycles. The third-order valence-corrected chi connectivity index (χ3v) is 5.24. The van der Waals surface area contributed by atoms with E-state index in [2.05, 4.69) is 10.3 Å². The standard InChI is InChI=1S/C21H25F2N3O2/c1-14-17(8-9-24-14)21(28)26-10-2-3-15(13-26)5-7-20(27)25-12-16-4-6-18(22)19(23)11-16/h4,6,8-9,11,15,24H,2-3,5,7,10,12-13H2,1H3,(H,25,27). The van der Waals surface area contributed by atoms with Crippen molar-refractivity contribution in [1.29, 1.82) is 0 Å². The monoisotopic (exact) mass is 389 g/mol. The molecule has 1 atom stereocenters. The molecule has 2 heterocycles. The molecule has 1 aromatic heterocycles. The number of benzene rings is 1. The number of rotatable bonds is 6. The fraction of sp³-hybridized carbons (Fsp3) is 0.429. The van der Waals surface area contributed by atoms with Gasteiger partial charge < -0.3 is 15.2 Å².